The predicted molar refractivity (Wildman–Crippen MR) is 90.4 cm³/mol. The standard InChI is InChI=1S/C19H25NO2/c1-15-7-6-8-16(2)19(15)22-14-18(21)13-20-12-11-17-9-4-3-5-10-17/h3-10,18,20-21H,11-14H2,1-2H3. The monoisotopic (exact) mass is 299 g/mol. The van der Waals surface area contributed by atoms with Crippen LogP contribution in [0.5, 0.6) is 5.75 Å². The number of aliphatic hydroxyl groups excluding tert-OH is 1. The molecule has 0 saturated heterocycles. The molecule has 3 heteroatoms. The third-order valence-corrected chi connectivity index (χ3v) is 3.64. The van der Waals surface area contributed by atoms with E-state index in [9.17, 15) is 5.11 Å². The van der Waals surface area contributed by atoms with Crippen LogP contribution < -0.4 is 10.1 Å². The van der Waals surface area contributed by atoms with Crippen molar-refractivity contribution in [2.24, 2.45) is 0 Å². The van der Waals surface area contributed by atoms with Crippen molar-refractivity contribution in [2.45, 2.75) is 26.4 Å². The highest BCUT2D eigenvalue weighted by molar-refractivity contribution is 5.39. The highest BCUT2D eigenvalue weighted by Gasteiger charge is 2.08. The van der Waals surface area contributed by atoms with E-state index in [2.05, 4.69) is 17.4 Å². The van der Waals surface area contributed by atoms with Crippen molar-refractivity contribution in [3.8, 4) is 5.75 Å². The van der Waals surface area contributed by atoms with Crippen LogP contribution in [0.4, 0.5) is 0 Å². The van der Waals surface area contributed by atoms with Gasteiger partial charge in [0, 0.05) is 6.54 Å². The molecular formula is C19H25NO2. The van der Waals surface area contributed by atoms with Gasteiger partial charge in [-0.15, -0.1) is 0 Å². The first-order valence-corrected chi connectivity index (χ1v) is 7.78. The van der Waals surface area contributed by atoms with Crippen molar-refractivity contribution in [3.63, 3.8) is 0 Å². The summed E-state index contributed by atoms with van der Waals surface area (Å²) in [5.41, 5.74) is 3.50. The Kier molecular flexibility index (Phi) is 6.44. The Morgan fingerprint density at radius 2 is 1.68 bits per heavy atom. The summed E-state index contributed by atoms with van der Waals surface area (Å²) in [6.07, 6.45) is 0.459. The van der Waals surface area contributed by atoms with Gasteiger partial charge in [-0.1, -0.05) is 48.5 Å². The van der Waals surface area contributed by atoms with E-state index in [1.165, 1.54) is 5.56 Å². The molecule has 0 fully saturated rings. The maximum Gasteiger partial charge on any atom is 0.125 e. The van der Waals surface area contributed by atoms with Crippen LogP contribution in [-0.2, 0) is 6.42 Å². The molecule has 22 heavy (non-hydrogen) atoms. The molecule has 0 saturated carbocycles. The van der Waals surface area contributed by atoms with E-state index in [-0.39, 0.29) is 0 Å². The molecule has 0 spiro atoms. The van der Waals surface area contributed by atoms with Crippen LogP contribution >= 0.6 is 0 Å². The van der Waals surface area contributed by atoms with Gasteiger partial charge in [-0.3, -0.25) is 0 Å². The lowest BCUT2D eigenvalue weighted by molar-refractivity contribution is 0.106. The summed E-state index contributed by atoms with van der Waals surface area (Å²) in [7, 11) is 0. The molecule has 0 heterocycles. The summed E-state index contributed by atoms with van der Waals surface area (Å²) in [4.78, 5) is 0. The Morgan fingerprint density at radius 3 is 2.36 bits per heavy atom. The summed E-state index contributed by atoms with van der Waals surface area (Å²) in [6.45, 7) is 5.74. The van der Waals surface area contributed by atoms with Crippen LogP contribution in [0.3, 0.4) is 0 Å². The van der Waals surface area contributed by atoms with Crippen LogP contribution in [-0.4, -0.2) is 30.9 Å². The maximum absolute atomic E-state index is 10.0. The van der Waals surface area contributed by atoms with Crippen molar-refractivity contribution >= 4 is 0 Å². The average Bonchev–Trinajstić information content (AvgIpc) is 2.52. The molecule has 2 aromatic rings. The predicted octanol–water partition coefficient (Wildman–Crippen LogP) is 2.88. The minimum absolute atomic E-state index is 0.310. The molecule has 3 nitrogen and oxygen atoms in total. The molecule has 2 aromatic carbocycles. The number of para-hydroxylation sites is 1. The Labute approximate surface area is 133 Å². The third-order valence-electron chi connectivity index (χ3n) is 3.64. The summed E-state index contributed by atoms with van der Waals surface area (Å²) in [5.74, 6) is 0.880. The SMILES string of the molecule is Cc1cccc(C)c1OCC(O)CNCCc1ccccc1. The topological polar surface area (TPSA) is 41.5 Å². The summed E-state index contributed by atoms with van der Waals surface area (Å²) >= 11 is 0. The fourth-order valence-corrected chi connectivity index (χ4v) is 2.41. The molecule has 2 rings (SSSR count). The lowest BCUT2D eigenvalue weighted by Gasteiger charge is -2.16. The van der Waals surface area contributed by atoms with Gasteiger partial charge in [0.05, 0.1) is 0 Å². The molecule has 0 amide bonds. The van der Waals surface area contributed by atoms with E-state index in [4.69, 9.17) is 4.74 Å². The van der Waals surface area contributed by atoms with Crippen molar-refractivity contribution < 1.29 is 9.84 Å². The highest BCUT2D eigenvalue weighted by atomic mass is 16.5. The van der Waals surface area contributed by atoms with Gasteiger partial charge in [-0.2, -0.15) is 0 Å². The number of aryl methyl sites for hydroxylation is 2. The zero-order valence-corrected chi connectivity index (χ0v) is 13.4. The van der Waals surface area contributed by atoms with E-state index < -0.39 is 6.10 Å². The van der Waals surface area contributed by atoms with Gasteiger partial charge in [0.2, 0.25) is 0 Å². The number of hydrogen-bond donors (Lipinski definition) is 2. The Hall–Kier alpha value is -1.84. The van der Waals surface area contributed by atoms with Gasteiger partial charge in [0.25, 0.3) is 0 Å². The maximum atomic E-state index is 10.0. The van der Waals surface area contributed by atoms with E-state index in [0.29, 0.717) is 13.2 Å². The van der Waals surface area contributed by atoms with Crippen molar-refractivity contribution in [1.29, 1.82) is 0 Å². The molecule has 0 aliphatic heterocycles. The van der Waals surface area contributed by atoms with Crippen LogP contribution in [0.25, 0.3) is 0 Å². The normalized spacial score (nSPS) is 12.1. The summed E-state index contributed by atoms with van der Waals surface area (Å²) in [5, 5.41) is 13.3. The van der Waals surface area contributed by atoms with Gasteiger partial charge in [0.1, 0.15) is 18.5 Å². The zero-order chi connectivity index (χ0) is 15.8. The molecule has 118 valence electrons. The fourth-order valence-electron chi connectivity index (χ4n) is 2.41. The van der Waals surface area contributed by atoms with Gasteiger partial charge < -0.3 is 15.2 Å². The largest absolute Gasteiger partial charge is 0.490 e. The molecule has 0 aliphatic rings. The van der Waals surface area contributed by atoms with Gasteiger partial charge in [0.15, 0.2) is 0 Å². The van der Waals surface area contributed by atoms with Gasteiger partial charge in [-0.25, -0.2) is 0 Å². The lowest BCUT2D eigenvalue weighted by Crippen LogP contribution is -2.32. The van der Waals surface area contributed by atoms with Crippen molar-refractivity contribution in [1.82, 2.24) is 5.32 Å². The number of aliphatic hydroxyl groups is 1. The second-order valence-electron chi connectivity index (χ2n) is 5.63. The second kappa shape index (κ2) is 8.57. The van der Waals surface area contributed by atoms with E-state index in [1.807, 2.05) is 50.2 Å². The quantitative estimate of drug-likeness (QED) is 0.737. The average molecular weight is 299 g/mol. The smallest absolute Gasteiger partial charge is 0.125 e. The second-order valence-corrected chi connectivity index (χ2v) is 5.63. The molecule has 0 aliphatic carbocycles. The van der Waals surface area contributed by atoms with E-state index in [0.717, 1.165) is 29.8 Å². The van der Waals surface area contributed by atoms with Crippen molar-refractivity contribution in [3.05, 3.63) is 65.2 Å². The van der Waals surface area contributed by atoms with Crippen LogP contribution in [0.1, 0.15) is 16.7 Å². The summed E-state index contributed by atoms with van der Waals surface area (Å²) in [6, 6.07) is 16.4. The zero-order valence-electron chi connectivity index (χ0n) is 13.4. The molecule has 0 aromatic heterocycles. The van der Waals surface area contributed by atoms with Crippen molar-refractivity contribution in [2.75, 3.05) is 19.7 Å². The molecule has 0 bridgehead atoms. The number of hydrogen-bond acceptors (Lipinski definition) is 3. The van der Waals surface area contributed by atoms with Crippen LogP contribution in [0.2, 0.25) is 0 Å². The number of benzene rings is 2. The fraction of sp³-hybridized carbons (Fsp3) is 0.368. The molecular weight excluding hydrogens is 274 g/mol. The summed E-state index contributed by atoms with van der Waals surface area (Å²) < 4.78 is 5.75. The highest BCUT2D eigenvalue weighted by Crippen LogP contribution is 2.22. The molecule has 1 atom stereocenters. The first-order valence-electron chi connectivity index (χ1n) is 7.78. The van der Waals surface area contributed by atoms with E-state index >= 15 is 0 Å². The minimum Gasteiger partial charge on any atom is -0.490 e. The lowest BCUT2D eigenvalue weighted by atomic mass is 10.1. The first-order chi connectivity index (χ1) is 10.7. The number of rotatable bonds is 8. The Morgan fingerprint density at radius 1 is 1.00 bits per heavy atom. The molecule has 0 radical (unpaired) electrons. The Balaban J connectivity index is 1.67. The molecule has 2 N–H and O–H groups in total. The van der Waals surface area contributed by atoms with Gasteiger partial charge >= 0.3 is 0 Å². The van der Waals surface area contributed by atoms with Gasteiger partial charge in [-0.05, 0) is 43.5 Å². The first kappa shape index (κ1) is 16.5. The number of nitrogens with one attached hydrogen (secondary N) is 1. The van der Waals surface area contributed by atoms with E-state index in [1.54, 1.807) is 0 Å². The van der Waals surface area contributed by atoms with Crippen LogP contribution in [0.15, 0.2) is 48.5 Å². The third kappa shape index (κ3) is 5.17. The molecule has 1 unspecified atom stereocenters. The number of ether oxygens (including phenoxy) is 1. The van der Waals surface area contributed by atoms with Crippen LogP contribution in [0, 0.1) is 13.8 Å². The Bertz CT molecular complexity index is 549. The minimum atomic E-state index is -0.505.